The second-order valence-corrected chi connectivity index (χ2v) is 10.8. The van der Waals surface area contributed by atoms with E-state index in [9.17, 15) is 36.9 Å². The lowest BCUT2D eigenvalue weighted by Crippen LogP contribution is -2.04. The summed E-state index contributed by atoms with van der Waals surface area (Å²) >= 11 is 0. The van der Waals surface area contributed by atoms with Crippen molar-refractivity contribution in [2.24, 2.45) is 0 Å². The average molecular weight is 619 g/mol. The maximum absolute atomic E-state index is 12.9. The van der Waals surface area contributed by atoms with Crippen LogP contribution in [0.1, 0.15) is 33.4 Å². The highest BCUT2D eigenvalue weighted by atomic mass is 19.4. The number of hydrogen-bond donors (Lipinski definition) is 0. The molecule has 224 valence electrons. The Hall–Kier alpha value is -5.86. The summed E-state index contributed by atoms with van der Waals surface area (Å²) in [5.74, 6) is 0. The third-order valence-electron chi connectivity index (χ3n) is 7.71. The first-order valence-electron chi connectivity index (χ1n) is 13.9. The molecule has 0 unspecified atom stereocenters. The minimum atomic E-state index is -4.46. The van der Waals surface area contributed by atoms with E-state index in [1.807, 2.05) is 60.7 Å². The minimum absolute atomic E-state index is 0.239. The standard InChI is InChI=1S/C38H20F6N2/c39-37(40,41)35-9-5-25(6-10-35)33(21-45)15-23-1-3-27-17-31-20-30-14-24(2-4-28(30)18-32(31)19-29(27)13-23)16-34(22-46)26-7-11-36(12-8-26)38(42,43)44/h1-20H/b33-15+,34-16+. The summed E-state index contributed by atoms with van der Waals surface area (Å²) in [4.78, 5) is 0. The monoisotopic (exact) mass is 618 g/mol. The van der Waals surface area contributed by atoms with Crippen LogP contribution in [-0.2, 0) is 12.4 Å². The lowest BCUT2D eigenvalue weighted by atomic mass is 9.96. The van der Waals surface area contributed by atoms with Crippen molar-refractivity contribution in [3.8, 4) is 12.1 Å². The number of rotatable bonds is 4. The smallest absolute Gasteiger partial charge is 0.192 e. The Bertz CT molecular complexity index is 2110. The molecule has 0 aliphatic rings. The fraction of sp³-hybridized carbons (Fsp3) is 0.0526. The van der Waals surface area contributed by atoms with E-state index in [4.69, 9.17) is 0 Å². The molecule has 0 aliphatic heterocycles. The number of nitriles is 2. The minimum Gasteiger partial charge on any atom is -0.192 e. The second-order valence-electron chi connectivity index (χ2n) is 10.8. The van der Waals surface area contributed by atoms with E-state index in [1.54, 1.807) is 12.2 Å². The van der Waals surface area contributed by atoms with E-state index in [0.29, 0.717) is 11.1 Å². The molecular weight excluding hydrogens is 598 g/mol. The number of allylic oxidation sites excluding steroid dienone is 2. The van der Waals surface area contributed by atoms with Crippen LogP contribution in [0.3, 0.4) is 0 Å². The Morgan fingerprint density at radius 1 is 0.435 bits per heavy atom. The van der Waals surface area contributed by atoms with Gasteiger partial charge in [-0.3, -0.25) is 0 Å². The van der Waals surface area contributed by atoms with Crippen molar-refractivity contribution >= 4 is 55.6 Å². The molecule has 0 saturated carbocycles. The number of nitrogens with zero attached hydrogens (tertiary/aromatic N) is 2. The number of hydrogen-bond acceptors (Lipinski definition) is 2. The molecule has 0 atom stereocenters. The Morgan fingerprint density at radius 3 is 1.09 bits per heavy atom. The summed E-state index contributed by atoms with van der Waals surface area (Å²) in [5, 5.41) is 25.1. The van der Waals surface area contributed by atoms with Crippen molar-refractivity contribution in [1.82, 2.24) is 0 Å². The van der Waals surface area contributed by atoms with Gasteiger partial charge >= 0.3 is 12.4 Å². The highest BCUT2D eigenvalue weighted by Crippen LogP contribution is 2.33. The molecule has 0 saturated heterocycles. The van der Waals surface area contributed by atoms with Gasteiger partial charge in [-0.1, -0.05) is 48.5 Å². The van der Waals surface area contributed by atoms with Gasteiger partial charge < -0.3 is 0 Å². The molecular formula is C38H20F6N2. The van der Waals surface area contributed by atoms with Gasteiger partial charge in [0.1, 0.15) is 0 Å². The highest BCUT2D eigenvalue weighted by molar-refractivity contribution is 6.06. The molecule has 0 heterocycles. The van der Waals surface area contributed by atoms with Crippen LogP contribution in [0, 0.1) is 22.7 Å². The molecule has 6 aromatic carbocycles. The zero-order valence-corrected chi connectivity index (χ0v) is 23.7. The maximum Gasteiger partial charge on any atom is 0.416 e. The van der Waals surface area contributed by atoms with Crippen LogP contribution in [0.4, 0.5) is 26.3 Å². The third kappa shape index (κ3) is 6.20. The third-order valence-corrected chi connectivity index (χ3v) is 7.71. The van der Waals surface area contributed by atoms with Crippen molar-refractivity contribution < 1.29 is 26.3 Å². The number of benzene rings is 6. The lowest BCUT2D eigenvalue weighted by molar-refractivity contribution is -0.138. The second kappa shape index (κ2) is 11.6. The number of halogens is 6. The molecule has 0 amide bonds. The Labute approximate surface area is 259 Å². The number of fused-ring (bicyclic) bond motifs is 3. The maximum atomic E-state index is 12.9. The molecule has 0 fully saturated rings. The predicted octanol–water partition coefficient (Wildman–Crippen LogP) is 11.3. The molecule has 6 rings (SSSR count). The van der Waals surface area contributed by atoms with E-state index in [-0.39, 0.29) is 11.1 Å². The first kappa shape index (κ1) is 30.2. The van der Waals surface area contributed by atoms with Gasteiger partial charge in [-0.05, 0) is 127 Å². The summed E-state index contributed by atoms with van der Waals surface area (Å²) in [6.45, 7) is 0. The summed E-state index contributed by atoms with van der Waals surface area (Å²) in [6.07, 6.45) is -5.64. The van der Waals surface area contributed by atoms with Crippen LogP contribution < -0.4 is 0 Å². The quantitative estimate of drug-likeness (QED) is 0.0854. The van der Waals surface area contributed by atoms with Crippen LogP contribution in [0.2, 0.25) is 0 Å². The van der Waals surface area contributed by atoms with Gasteiger partial charge in [0, 0.05) is 0 Å². The largest absolute Gasteiger partial charge is 0.416 e. The van der Waals surface area contributed by atoms with Crippen molar-refractivity contribution in [2.75, 3.05) is 0 Å². The summed E-state index contributed by atoms with van der Waals surface area (Å²) < 4.78 is 77.7. The van der Waals surface area contributed by atoms with Crippen molar-refractivity contribution in [1.29, 1.82) is 10.5 Å². The first-order valence-corrected chi connectivity index (χ1v) is 13.9. The molecule has 0 aromatic heterocycles. The topological polar surface area (TPSA) is 47.6 Å². The van der Waals surface area contributed by atoms with Crippen LogP contribution >= 0.6 is 0 Å². The van der Waals surface area contributed by atoms with Gasteiger partial charge in [0.15, 0.2) is 0 Å². The Balaban J connectivity index is 1.32. The van der Waals surface area contributed by atoms with Crippen molar-refractivity contribution in [3.63, 3.8) is 0 Å². The molecule has 46 heavy (non-hydrogen) atoms. The predicted molar refractivity (Wildman–Crippen MR) is 169 cm³/mol. The van der Waals surface area contributed by atoms with Crippen LogP contribution in [-0.4, -0.2) is 0 Å². The molecule has 0 radical (unpaired) electrons. The SMILES string of the molecule is N#C/C(=C\c1ccc2cc3cc4cc(/C=C(\C#N)c5ccc(C(F)(F)F)cc5)ccc4cc3cc2c1)c1ccc(C(F)(F)F)cc1. The lowest BCUT2D eigenvalue weighted by Gasteiger charge is -2.09. The van der Waals surface area contributed by atoms with Crippen molar-refractivity contribution in [3.05, 3.63) is 143 Å². The van der Waals surface area contributed by atoms with Crippen LogP contribution in [0.5, 0.6) is 0 Å². The number of alkyl halides is 6. The van der Waals surface area contributed by atoms with Gasteiger partial charge in [-0.2, -0.15) is 36.9 Å². The van der Waals surface area contributed by atoms with Crippen molar-refractivity contribution in [2.45, 2.75) is 12.4 Å². The fourth-order valence-electron chi connectivity index (χ4n) is 5.34. The molecule has 0 bridgehead atoms. The zero-order chi connectivity index (χ0) is 32.6. The summed E-state index contributed by atoms with van der Waals surface area (Å²) in [7, 11) is 0. The molecule has 2 nitrogen and oxygen atoms in total. The van der Waals surface area contributed by atoms with Crippen LogP contribution in [0.15, 0.2) is 109 Å². The van der Waals surface area contributed by atoms with Gasteiger partial charge in [0.2, 0.25) is 0 Å². The fourth-order valence-corrected chi connectivity index (χ4v) is 5.34. The summed E-state index contributed by atoms with van der Waals surface area (Å²) in [6, 6.07) is 32.6. The highest BCUT2D eigenvalue weighted by Gasteiger charge is 2.30. The van der Waals surface area contributed by atoms with Crippen LogP contribution in [0.25, 0.3) is 55.6 Å². The van der Waals surface area contributed by atoms with E-state index < -0.39 is 23.5 Å². The zero-order valence-electron chi connectivity index (χ0n) is 23.7. The van der Waals surface area contributed by atoms with Gasteiger partial charge in [0.25, 0.3) is 0 Å². The normalized spacial score (nSPS) is 12.8. The van der Waals surface area contributed by atoms with E-state index >= 15 is 0 Å². The molecule has 8 heteroatoms. The average Bonchev–Trinajstić information content (AvgIpc) is 3.03. The Kier molecular flexibility index (Phi) is 7.59. The van der Waals surface area contributed by atoms with E-state index in [2.05, 4.69) is 12.1 Å². The molecule has 0 N–H and O–H groups in total. The van der Waals surface area contributed by atoms with E-state index in [0.717, 1.165) is 67.7 Å². The molecule has 0 aliphatic carbocycles. The first-order chi connectivity index (χ1) is 21.9. The molecule has 6 aromatic rings. The van der Waals surface area contributed by atoms with Gasteiger partial charge in [0.05, 0.1) is 34.4 Å². The molecule has 0 spiro atoms. The van der Waals surface area contributed by atoms with Gasteiger partial charge in [-0.15, -0.1) is 0 Å². The summed E-state index contributed by atoms with van der Waals surface area (Å²) in [5.41, 5.74) is 1.13. The van der Waals surface area contributed by atoms with E-state index in [1.165, 1.54) is 24.3 Å². The van der Waals surface area contributed by atoms with Gasteiger partial charge in [-0.25, -0.2) is 0 Å². The Morgan fingerprint density at radius 2 is 0.761 bits per heavy atom.